The summed E-state index contributed by atoms with van der Waals surface area (Å²) in [6.07, 6.45) is -1.88. The van der Waals surface area contributed by atoms with Gasteiger partial charge in [0, 0.05) is 61.8 Å². The van der Waals surface area contributed by atoms with Crippen LogP contribution in [-0.2, 0) is 9.59 Å². The Morgan fingerprint density at radius 2 is 1.78 bits per heavy atom. The predicted octanol–water partition coefficient (Wildman–Crippen LogP) is 5.34. The maximum atomic E-state index is 13.7. The van der Waals surface area contributed by atoms with Crippen molar-refractivity contribution in [3.05, 3.63) is 60.8 Å². The number of carbonyl (C=O) groups excluding carboxylic acids is 2. The topological polar surface area (TPSA) is 107 Å². The number of imidazole rings is 1. The number of piperazine rings is 1. The molecule has 0 radical (unpaired) electrons. The number of anilines is 4. The van der Waals surface area contributed by atoms with Gasteiger partial charge < -0.3 is 20.4 Å². The van der Waals surface area contributed by atoms with Gasteiger partial charge in [0.1, 0.15) is 11.6 Å². The number of Topliss-reactive ketones (excluding diaryl/α,β-unsaturated/α-hetero) is 1. The van der Waals surface area contributed by atoms with Crippen molar-refractivity contribution in [1.29, 1.82) is 0 Å². The summed E-state index contributed by atoms with van der Waals surface area (Å²) >= 11 is 0. The molecule has 2 aliphatic heterocycles. The van der Waals surface area contributed by atoms with Crippen LogP contribution >= 0.6 is 0 Å². The molecule has 1 unspecified atom stereocenters. The van der Waals surface area contributed by atoms with E-state index in [0.717, 1.165) is 72.8 Å². The van der Waals surface area contributed by atoms with Gasteiger partial charge in [0.2, 0.25) is 5.78 Å². The Morgan fingerprint density at radius 1 is 0.978 bits per heavy atom. The molecule has 3 aliphatic rings. The first-order valence-electron chi connectivity index (χ1n) is 15.7. The second kappa shape index (κ2) is 12.3. The first kappa shape index (κ1) is 30.0. The molecule has 1 aliphatic carbocycles. The van der Waals surface area contributed by atoms with Crippen molar-refractivity contribution in [2.75, 3.05) is 53.2 Å². The summed E-state index contributed by atoms with van der Waals surface area (Å²) in [6, 6.07) is 18.3. The van der Waals surface area contributed by atoms with Crippen LogP contribution in [0.2, 0.25) is 0 Å². The standard InChI is InChI=1S/C33H35F3N8O2/c34-33(35,36)28(45)5-1-3-14-38-31-32(46)41-25-11-9-22(39-21-7-8-21)19-24(25)30-40-26-20-23(10-12-27(26)44(30)31)42-15-17-43(18-16-42)29-6-2-4-13-37-29/h2,4,6,9-13,19-21,31,38-39H,1,3,5,7-8,14-18H2,(H,41,46). The number of carbonyl (C=O) groups is 2. The number of aromatic nitrogens is 3. The van der Waals surface area contributed by atoms with Gasteiger partial charge in [0.15, 0.2) is 6.17 Å². The number of alkyl halides is 3. The van der Waals surface area contributed by atoms with Crippen LogP contribution in [0.4, 0.5) is 36.1 Å². The van der Waals surface area contributed by atoms with Crippen molar-refractivity contribution >= 4 is 45.6 Å². The van der Waals surface area contributed by atoms with Gasteiger partial charge >= 0.3 is 6.18 Å². The van der Waals surface area contributed by atoms with Crippen LogP contribution in [-0.4, -0.2) is 71.2 Å². The van der Waals surface area contributed by atoms with Crippen LogP contribution in [0.25, 0.3) is 22.4 Å². The third-order valence-electron chi connectivity index (χ3n) is 8.75. The molecule has 4 aromatic rings. The Bertz CT molecular complexity index is 1750. The highest BCUT2D eigenvalue weighted by molar-refractivity contribution is 6.02. The van der Waals surface area contributed by atoms with E-state index in [-0.39, 0.29) is 18.9 Å². The number of halogens is 3. The summed E-state index contributed by atoms with van der Waals surface area (Å²) in [5.41, 5.74) is 4.90. The molecule has 0 bridgehead atoms. The van der Waals surface area contributed by atoms with E-state index in [0.29, 0.717) is 24.0 Å². The van der Waals surface area contributed by atoms with Gasteiger partial charge in [0.25, 0.3) is 5.91 Å². The molecule has 1 amide bonds. The second-order valence-electron chi connectivity index (χ2n) is 12.0. The molecule has 46 heavy (non-hydrogen) atoms. The number of hydrogen-bond acceptors (Lipinski definition) is 8. The van der Waals surface area contributed by atoms with Crippen molar-refractivity contribution < 1.29 is 22.8 Å². The third-order valence-corrected chi connectivity index (χ3v) is 8.75. The molecule has 13 heteroatoms. The van der Waals surface area contributed by atoms with E-state index in [1.54, 1.807) is 6.20 Å². The number of unbranched alkanes of at least 4 members (excludes halogenated alkanes) is 1. The zero-order chi connectivity index (χ0) is 31.8. The molecule has 1 saturated heterocycles. The fraction of sp³-hybridized carbons (Fsp3) is 0.394. The predicted molar refractivity (Wildman–Crippen MR) is 171 cm³/mol. The number of fused-ring (bicyclic) bond motifs is 5. The fourth-order valence-electron chi connectivity index (χ4n) is 6.15. The van der Waals surface area contributed by atoms with E-state index in [1.165, 1.54) is 0 Å². The summed E-state index contributed by atoms with van der Waals surface area (Å²) in [5.74, 6) is -0.455. The lowest BCUT2D eigenvalue weighted by Crippen LogP contribution is -2.46. The summed E-state index contributed by atoms with van der Waals surface area (Å²) in [6.45, 7) is 3.54. The van der Waals surface area contributed by atoms with Crippen LogP contribution in [0, 0.1) is 0 Å². The Labute approximate surface area is 264 Å². The van der Waals surface area contributed by atoms with Crippen molar-refractivity contribution in [3.63, 3.8) is 0 Å². The number of ketones is 1. The monoisotopic (exact) mass is 632 g/mol. The van der Waals surface area contributed by atoms with E-state index in [1.807, 2.05) is 53.1 Å². The van der Waals surface area contributed by atoms with Gasteiger partial charge in [0.05, 0.1) is 16.7 Å². The highest BCUT2D eigenvalue weighted by Gasteiger charge is 2.37. The molecule has 7 rings (SSSR count). The van der Waals surface area contributed by atoms with Gasteiger partial charge in [-0.2, -0.15) is 13.2 Å². The number of amides is 1. The second-order valence-corrected chi connectivity index (χ2v) is 12.0. The fourth-order valence-corrected chi connectivity index (χ4v) is 6.15. The zero-order valence-electron chi connectivity index (χ0n) is 25.2. The molecule has 240 valence electrons. The minimum absolute atomic E-state index is 0.0601. The van der Waals surface area contributed by atoms with E-state index >= 15 is 0 Å². The third kappa shape index (κ3) is 6.23. The Balaban J connectivity index is 1.16. The average Bonchev–Trinajstić information content (AvgIpc) is 3.81. The number of nitrogens with one attached hydrogen (secondary N) is 3. The van der Waals surface area contributed by atoms with Crippen LogP contribution in [0.1, 0.15) is 38.3 Å². The molecule has 10 nitrogen and oxygen atoms in total. The van der Waals surface area contributed by atoms with Gasteiger partial charge in [-0.05, 0) is 80.8 Å². The summed E-state index contributed by atoms with van der Waals surface area (Å²) in [4.78, 5) is 39.1. The lowest BCUT2D eigenvalue weighted by molar-refractivity contribution is -0.171. The lowest BCUT2D eigenvalue weighted by Gasteiger charge is -2.36. The highest BCUT2D eigenvalue weighted by atomic mass is 19.4. The molecule has 1 saturated carbocycles. The first-order chi connectivity index (χ1) is 22.2. The molecule has 3 N–H and O–H groups in total. The number of hydrogen-bond donors (Lipinski definition) is 3. The number of benzene rings is 2. The number of nitrogens with zero attached hydrogens (tertiary/aromatic N) is 5. The lowest BCUT2D eigenvalue weighted by atomic mass is 10.1. The Morgan fingerprint density at radius 3 is 2.52 bits per heavy atom. The van der Waals surface area contributed by atoms with Crippen LogP contribution in [0.15, 0.2) is 60.8 Å². The van der Waals surface area contributed by atoms with Crippen LogP contribution < -0.4 is 25.8 Å². The van der Waals surface area contributed by atoms with Gasteiger partial charge in [-0.3, -0.25) is 19.5 Å². The molecule has 2 aromatic heterocycles. The normalized spacial score (nSPS) is 18.2. The molecule has 2 aromatic carbocycles. The van der Waals surface area contributed by atoms with Gasteiger partial charge in [-0.25, -0.2) is 9.97 Å². The average molecular weight is 633 g/mol. The summed E-state index contributed by atoms with van der Waals surface area (Å²) in [7, 11) is 0. The first-order valence-corrected chi connectivity index (χ1v) is 15.7. The largest absolute Gasteiger partial charge is 0.449 e. The zero-order valence-corrected chi connectivity index (χ0v) is 25.2. The minimum Gasteiger partial charge on any atom is -0.382 e. The minimum atomic E-state index is -4.83. The Hall–Kier alpha value is -4.65. The molecule has 2 fully saturated rings. The van der Waals surface area contributed by atoms with Crippen molar-refractivity contribution in [2.24, 2.45) is 0 Å². The Kier molecular flexibility index (Phi) is 8.01. The van der Waals surface area contributed by atoms with Crippen molar-refractivity contribution in [2.45, 2.75) is 50.5 Å². The van der Waals surface area contributed by atoms with Gasteiger partial charge in [-0.15, -0.1) is 0 Å². The maximum absolute atomic E-state index is 13.7. The SMILES string of the molecule is O=C1Nc2ccc(NC3CC3)cc2-c2nc3cc(N4CCN(c5ccccn5)CC4)ccc3n2C1NCCCCC(=O)C(F)(F)F. The quantitative estimate of drug-likeness (QED) is 0.201. The smallest absolute Gasteiger partial charge is 0.382 e. The molecule has 0 spiro atoms. The van der Waals surface area contributed by atoms with Crippen LogP contribution in [0.3, 0.4) is 0 Å². The van der Waals surface area contributed by atoms with Crippen LogP contribution in [0.5, 0.6) is 0 Å². The summed E-state index contributed by atoms with van der Waals surface area (Å²) in [5, 5.41) is 9.77. The van der Waals surface area contributed by atoms with E-state index < -0.39 is 24.5 Å². The van der Waals surface area contributed by atoms with Gasteiger partial charge in [-0.1, -0.05) is 6.07 Å². The van der Waals surface area contributed by atoms with E-state index in [9.17, 15) is 22.8 Å². The van der Waals surface area contributed by atoms with E-state index in [2.05, 4.69) is 36.8 Å². The molecule has 4 heterocycles. The number of pyridine rings is 1. The molecular formula is C33H35F3N8O2. The summed E-state index contributed by atoms with van der Waals surface area (Å²) < 4.78 is 39.8. The molecule has 1 atom stereocenters. The van der Waals surface area contributed by atoms with E-state index in [4.69, 9.17) is 4.98 Å². The highest BCUT2D eigenvalue weighted by Crippen LogP contribution is 2.39. The number of rotatable bonds is 10. The van der Waals surface area contributed by atoms with Crippen molar-refractivity contribution in [3.8, 4) is 11.4 Å². The molecular weight excluding hydrogens is 597 g/mol. The van der Waals surface area contributed by atoms with Crippen molar-refractivity contribution in [1.82, 2.24) is 19.9 Å². The maximum Gasteiger partial charge on any atom is 0.449 e.